The lowest BCUT2D eigenvalue weighted by Gasteiger charge is -2.40. The van der Waals surface area contributed by atoms with E-state index < -0.39 is 40.7 Å². The van der Waals surface area contributed by atoms with Crippen LogP contribution in [0.3, 0.4) is 0 Å². The van der Waals surface area contributed by atoms with E-state index in [1.807, 2.05) is 81.4 Å². The van der Waals surface area contributed by atoms with Crippen LogP contribution in [0.2, 0.25) is 0 Å². The van der Waals surface area contributed by atoms with E-state index in [2.05, 4.69) is 31.4 Å². The highest BCUT2D eigenvalue weighted by Gasteiger charge is 2.79. The zero-order valence-corrected chi connectivity index (χ0v) is 26.4. The second kappa shape index (κ2) is 11.4. The highest BCUT2D eigenvalue weighted by Crippen LogP contribution is 2.65. The lowest BCUT2D eigenvalue weighted by atomic mass is 9.65. The highest BCUT2D eigenvalue weighted by molar-refractivity contribution is 5.99. The van der Waals surface area contributed by atoms with Gasteiger partial charge in [0.2, 0.25) is 17.7 Å². The quantitative estimate of drug-likeness (QED) is 0.378. The number of benzene rings is 2. The molecule has 3 aliphatic rings. The van der Waals surface area contributed by atoms with Crippen molar-refractivity contribution in [1.29, 1.82) is 0 Å². The molecule has 2 unspecified atom stereocenters. The Bertz CT molecular complexity index is 1340. The number of likely N-dealkylation sites (tertiary alicyclic amines) is 1. The van der Waals surface area contributed by atoms with Crippen molar-refractivity contribution >= 4 is 17.7 Å². The number of carbonyl (C=O) groups excluding carboxylic acids is 3. The van der Waals surface area contributed by atoms with Gasteiger partial charge in [0.05, 0.1) is 30.1 Å². The molecule has 3 fully saturated rings. The Labute approximate surface area is 255 Å². The van der Waals surface area contributed by atoms with Crippen LogP contribution < -0.4 is 10.6 Å². The standard InChI is InChI=1S/C35H47N3O5/c1-7-34-18-19-35(43-34)27(26(34)29(40)36-20-23-14-10-8-11-15-23)31(42)38(25(21-39)24-16-12-9-13-17-24)28(35)30(41)37-33(5,6)22-32(2,3)4/h8-17,25-28,39H,7,18-22H2,1-6H3,(H,36,40)(H,37,41)/t25-,26+,27+,28?,34-,35?/m1/s1. The van der Waals surface area contributed by atoms with Crippen molar-refractivity contribution in [2.24, 2.45) is 17.3 Å². The zero-order valence-electron chi connectivity index (χ0n) is 26.4. The summed E-state index contributed by atoms with van der Waals surface area (Å²) < 4.78 is 6.92. The zero-order chi connectivity index (χ0) is 31.2. The number of nitrogens with zero attached hydrogens (tertiary/aromatic N) is 1. The smallest absolute Gasteiger partial charge is 0.246 e. The summed E-state index contributed by atoms with van der Waals surface area (Å²) in [6, 6.07) is 17.2. The molecule has 5 rings (SSSR count). The summed E-state index contributed by atoms with van der Waals surface area (Å²) in [7, 11) is 0. The fourth-order valence-corrected chi connectivity index (χ4v) is 8.39. The number of carbonyl (C=O) groups is 3. The fraction of sp³-hybridized carbons (Fsp3) is 0.571. The van der Waals surface area contributed by atoms with Gasteiger partial charge in [-0.3, -0.25) is 14.4 Å². The van der Waals surface area contributed by atoms with Gasteiger partial charge in [-0.05, 0) is 56.1 Å². The minimum atomic E-state index is -1.17. The van der Waals surface area contributed by atoms with Crippen molar-refractivity contribution < 1.29 is 24.2 Å². The molecule has 3 N–H and O–H groups in total. The Morgan fingerprint density at radius 2 is 1.63 bits per heavy atom. The molecule has 0 aliphatic carbocycles. The molecule has 6 atom stereocenters. The third-order valence-electron chi connectivity index (χ3n) is 9.59. The molecule has 2 bridgehead atoms. The Balaban J connectivity index is 1.56. The van der Waals surface area contributed by atoms with E-state index >= 15 is 0 Å². The highest BCUT2D eigenvalue weighted by atomic mass is 16.5. The number of ether oxygens (including phenoxy) is 1. The SMILES string of the molecule is CC[C@]12CCC3(O1)C(C(=O)NC(C)(C)CC(C)(C)C)N([C@H](CO)c1ccccc1)C(=O)[C@@H]3[C@H]2C(=O)NCc1ccccc1. The number of hydrogen-bond acceptors (Lipinski definition) is 5. The first-order chi connectivity index (χ1) is 20.3. The van der Waals surface area contributed by atoms with Gasteiger partial charge in [-0.15, -0.1) is 0 Å². The molecule has 0 radical (unpaired) electrons. The van der Waals surface area contributed by atoms with Crippen molar-refractivity contribution in [2.75, 3.05) is 6.61 Å². The maximum atomic E-state index is 14.7. The van der Waals surface area contributed by atoms with Crippen LogP contribution in [0, 0.1) is 17.3 Å². The van der Waals surface area contributed by atoms with Crippen molar-refractivity contribution in [3.63, 3.8) is 0 Å². The summed E-state index contributed by atoms with van der Waals surface area (Å²) in [5, 5.41) is 17.0. The van der Waals surface area contributed by atoms with Gasteiger partial charge in [0, 0.05) is 12.1 Å². The molecule has 3 amide bonds. The van der Waals surface area contributed by atoms with E-state index in [0.717, 1.165) is 17.5 Å². The third kappa shape index (κ3) is 5.60. The number of fused-ring (bicyclic) bond motifs is 1. The summed E-state index contributed by atoms with van der Waals surface area (Å²) in [6.45, 7) is 12.3. The molecular formula is C35H47N3O5. The molecule has 3 saturated heterocycles. The van der Waals surface area contributed by atoms with E-state index in [-0.39, 0.29) is 29.7 Å². The van der Waals surface area contributed by atoms with Gasteiger partial charge in [0.15, 0.2) is 0 Å². The predicted octanol–water partition coefficient (Wildman–Crippen LogP) is 4.52. The molecule has 0 saturated carbocycles. The fourth-order valence-electron chi connectivity index (χ4n) is 8.39. The number of rotatable bonds is 10. The average Bonchev–Trinajstić information content (AvgIpc) is 3.55. The molecule has 3 aliphatic heterocycles. The molecule has 2 aromatic carbocycles. The van der Waals surface area contributed by atoms with Crippen LogP contribution in [0.5, 0.6) is 0 Å². The van der Waals surface area contributed by atoms with Crippen LogP contribution in [-0.4, -0.2) is 57.1 Å². The molecular weight excluding hydrogens is 542 g/mol. The van der Waals surface area contributed by atoms with E-state index in [9.17, 15) is 19.5 Å². The maximum Gasteiger partial charge on any atom is 0.246 e. The lowest BCUT2D eigenvalue weighted by Crippen LogP contribution is -2.60. The molecule has 0 aromatic heterocycles. The Hall–Kier alpha value is -3.23. The topological polar surface area (TPSA) is 108 Å². The molecule has 8 heteroatoms. The first-order valence-electron chi connectivity index (χ1n) is 15.6. The van der Waals surface area contributed by atoms with Gasteiger partial charge in [-0.2, -0.15) is 0 Å². The molecule has 43 heavy (non-hydrogen) atoms. The minimum Gasteiger partial charge on any atom is -0.394 e. The summed E-state index contributed by atoms with van der Waals surface area (Å²) >= 11 is 0. The Morgan fingerprint density at radius 1 is 1.00 bits per heavy atom. The maximum absolute atomic E-state index is 14.7. The summed E-state index contributed by atoms with van der Waals surface area (Å²) in [4.78, 5) is 44.7. The predicted molar refractivity (Wildman–Crippen MR) is 165 cm³/mol. The second-order valence-corrected chi connectivity index (χ2v) is 14.5. The van der Waals surface area contributed by atoms with Gasteiger partial charge >= 0.3 is 0 Å². The van der Waals surface area contributed by atoms with E-state index in [0.29, 0.717) is 25.8 Å². The second-order valence-electron chi connectivity index (χ2n) is 14.5. The minimum absolute atomic E-state index is 0.0447. The largest absolute Gasteiger partial charge is 0.394 e. The number of hydrogen-bond donors (Lipinski definition) is 3. The van der Waals surface area contributed by atoms with Crippen LogP contribution >= 0.6 is 0 Å². The molecule has 1 spiro atoms. The molecule has 2 aromatic rings. The van der Waals surface area contributed by atoms with Crippen LogP contribution in [0.1, 0.15) is 84.4 Å². The monoisotopic (exact) mass is 589 g/mol. The van der Waals surface area contributed by atoms with Crippen LogP contribution in [0.15, 0.2) is 60.7 Å². The van der Waals surface area contributed by atoms with Gasteiger partial charge in [-0.1, -0.05) is 88.4 Å². The van der Waals surface area contributed by atoms with Gasteiger partial charge < -0.3 is 25.4 Å². The van der Waals surface area contributed by atoms with Crippen molar-refractivity contribution in [2.45, 2.75) is 103 Å². The summed E-state index contributed by atoms with van der Waals surface area (Å²) in [5.74, 6) is -2.44. The molecule has 232 valence electrons. The van der Waals surface area contributed by atoms with Crippen LogP contribution in [0.25, 0.3) is 0 Å². The summed E-state index contributed by atoms with van der Waals surface area (Å²) in [5.41, 5.74) is -0.934. The van der Waals surface area contributed by atoms with Crippen molar-refractivity contribution in [1.82, 2.24) is 15.5 Å². The first kappa shape index (κ1) is 31.2. The van der Waals surface area contributed by atoms with E-state index in [4.69, 9.17) is 4.74 Å². The van der Waals surface area contributed by atoms with E-state index in [1.165, 1.54) is 4.90 Å². The van der Waals surface area contributed by atoms with Crippen molar-refractivity contribution in [3.8, 4) is 0 Å². The van der Waals surface area contributed by atoms with Gasteiger partial charge in [0.25, 0.3) is 0 Å². The number of nitrogens with one attached hydrogen (secondary N) is 2. The number of aliphatic hydroxyl groups is 1. The lowest BCUT2D eigenvalue weighted by molar-refractivity contribution is -0.152. The number of amides is 3. The average molecular weight is 590 g/mol. The Kier molecular flexibility index (Phi) is 8.24. The van der Waals surface area contributed by atoms with Gasteiger partial charge in [0.1, 0.15) is 11.6 Å². The van der Waals surface area contributed by atoms with Crippen LogP contribution in [-0.2, 0) is 25.7 Å². The Morgan fingerprint density at radius 3 is 2.21 bits per heavy atom. The van der Waals surface area contributed by atoms with E-state index in [1.54, 1.807) is 0 Å². The van der Waals surface area contributed by atoms with Crippen molar-refractivity contribution in [3.05, 3.63) is 71.8 Å². The molecule has 8 nitrogen and oxygen atoms in total. The third-order valence-corrected chi connectivity index (χ3v) is 9.59. The van der Waals surface area contributed by atoms with Crippen LogP contribution in [0.4, 0.5) is 0 Å². The number of aliphatic hydroxyl groups excluding tert-OH is 1. The van der Waals surface area contributed by atoms with Gasteiger partial charge in [-0.25, -0.2) is 0 Å². The normalized spacial score (nSPS) is 29.0. The first-order valence-corrected chi connectivity index (χ1v) is 15.6. The summed E-state index contributed by atoms with van der Waals surface area (Å²) in [6.07, 6.45) is 2.33. The molecule has 3 heterocycles.